The molecule has 0 saturated heterocycles. The molecule has 0 radical (unpaired) electrons. The molecule has 2 amide bonds. The zero-order chi connectivity index (χ0) is 18.8. The maximum absolute atomic E-state index is 13.9. The normalized spacial score (nSPS) is 16.9. The number of carbonyl (C=O) groups is 2. The van der Waals surface area contributed by atoms with Crippen LogP contribution in [0.4, 0.5) is 14.5 Å². The minimum atomic E-state index is -0.675. The lowest BCUT2D eigenvalue weighted by Crippen LogP contribution is -2.39. The summed E-state index contributed by atoms with van der Waals surface area (Å²) in [6, 6.07) is 9.07. The lowest BCUT2D eigenvalue weighted by molar-refractivity contribution is -0.136. The Balaban J connectivity index is 2.16. The fraction of sp³-hybridized carbons (Fsp3) is 0.300. The molecular weight excluding hydrogens is 338 g/mol. The van der Waals surface area contributed by atoms with E-state index in [0.29, 0.717) is 16.8 Å². The number of amides is 2. The fourth-order valence-corrected chi connectivity index (χ4v) is 3.18. The first-order chi connectivity index (χ1) is 12.3. The Kier molecular flexibility index (Phi) is 5.02. The van der Waals surface area contributed by atoms with E-state index in [0.717, 1.165) is 0 Å². The fourth-order valence-electron chi connectivity index (χ4n) is 3.18. The molecule has 0 aromatic heterocycles. The van der Waals surface area contributed by atoms with Crippen molar-refractivity contribution >= 4 is 17.5 Å². The molecule has 0 aliphatic carbocycles. The second-order valence-corrected chi connectivity index (χ2v) is 6.85. The van der Waals surface area contributed by atoms with Crippen molar-refractivity contribution in [3.05, 3.63) is 65.2 Å². The standard InChI is InChI=1S/C20H20F2N2O2/c1-12(2)9-19(26)24-11-18(25)23-17-8-7-15(22)10-16(17)20(24)13-3-5-14(21)6-4-13/h3-8,10,12,20H,9,11H2,1-2H3,(H,23,25)/t20-/m1/s1. The van der Waals surface area contributed by atoms with Gasteiger partial charge in [0.05, 0.1) is 6.04 Å². The van der Waals surface area contributed by atoms with Gasteiger partial charge in [-0.15, -0.1) is 0 Å². The van der Waals surface area contributed by atoms with Crippen LogP contribution in [0.2, 0.25) is 0 Å². The lowest BCUT2D eigenvalue weighted by atomic mass is 9.95. The van der Waals surface area contributed by atoms with Crippen LogP contribution in [0.3, 0.4) is 0 Å². The van der Waals surface area contributed by atoms with Crippen LogP contribution >= 0.6 is 0 Å². The van der Waals surface area contributed by atoms with Crippen LogP contribution in [0.25, 0.3) is 0 Å². The summed E-state index contributed by atoms with van der Waals surface area (Å²) in [7, 11) is 0. The van der Waals surface area contributed by atoms with E-state index >= 15 is 0 Å². The van der Waals surface area contributed by atoms with E-state index in [1.165, 1.54) is 35.2 Å². The summed E-state index contributed by atoms with van der Waals surface area (Å²) in [5, 5.41) is 2.73. The van der Waals surface area contributed by atoms with Crippen molar-refractivity contribution in [2.75, 3.05) is 11.9 Å². The first-order valence-corrected chi connectivity index (χ1v) is 8.49. The molecule has 3 rings (SSSR count). The van der Waals surface area contributed by atoms with Crippen LogP contribution in [0.1, 0.15) is 37.4 Å². The predicted molar refractivity (Wildman–Crippen MR) is 94.4 cm³/mol. The second-order valence-electron chi connectivity index (χ2n) is 6.85. The number of anilines is 1. The predicted octanol–water partition coefficient (Wildman–Crippen LogP) is 3.88. The van der Waals surface area contributed by atoms with Gasteiger partial charge in [0.2, 0.25) is 11.8 Å². The Hall–Kier alpha value is -2.76. The van der Waals surface area contributed by atoms with Gasteiger partial charge in [0.1, 0.15) is 18.2 Å². The minimum Gasteiger partial charge on any atom is -0.324 e. The summed E-state index contributed by atoms with van der Waals surface area (Å²) < 4.78 is 27.3. The number of hydrogen-bond acceptors (Lipinski definition) is 2. The van der Waals surface area contributed by atoms with E-state index < -0.39 is 17.7 Å². The number of fused-ring (bicyclic) bond motifs is 1. The zero-order valence-electron chi connectivity index (χ0n) is 14.6. The largest absolute Gasteiger partial charge is 0.324 e. The molecule has 1 atom stereocenters. The first-order valence-electron chi connectivity index (χ1n) is 8.49. The lowest BCUT2D eigenvalue weighted by Gasteiger charge is -2.31. The van der Waals surface area contributed by atoms with Gasteiger partial charge in [-0.3, -0.25) is 9.59 Å². The van der Waals surface area contributed by atoms with Crippen LogP contribution in [-0.2, 0) is 9.59 Å². The molecule has 26 heavy (non-hydrogen) atoms. The summed E-state index contributed by atoms with van der Waals surface area (Å²) >= 11 is 0. The molecule has 4 nitrogen and oxygen atoms in total. The Bertz CT molecular complexity index is 834. The van der Waals surface area contributed by atoms with Crippen molar-refractivity contribution in [3.8, 4) is 0 Å². The molecule has 0 bridgehead atoms. The van der Waals surface area contributed by atoms with E-state index in [1.54, 1.807) is 12.1 Å². The van der Waals surface area contributed by atoms with Crippen molar-refractivity contribution in [1.82, 2.24) is 4.90 Å². The number of hydrogen-bond donors (Lipinski definition) is 1. The van der Waals surface area contributed by atoms with Crippen LogP contribution in [-0.4, -0.2) is 23.3 Å². The maximum Gasteiger partial charge on any atom is 0.244 e. The van der Waals surface area contributed by atoms with Gasteiger partial charge in [-0.05, 0) is 41.8 Å². The highest BCUT2D eigenvalue weighted by atomic mass is 19.1. The molecule has 1 aliphatic heterocycles. The van der Waals surface area contributed by atoms with Crippen molar-refractivity contribution in [3.63, 3.8) is 0 Å². The molecule has 0 spiro atoms. The molecule has 1 heterocycles. The molecule has 1 N–H and O–H groups in total. The summed E-state index contributed by atoms with van der Waals surface area (Å²) in [6.07, 6.45) is 0.260. The van der Waals surface area contributed by atoms with Crippen molar-refractivity contribution in [1.29, 1.82) is 0 Å². The zero-order valence-corrected chi connectivity index (χ0v) is 14.6. The number of halogens is 2. The number of benzene rings is 2. The van der Waals surface area contributed by atoms with Gasteiger partial charge in [0.15, 0.2) is 0 Å². The molecular formula is C20H20F2N2O2. The van der Waals surface area contributed by atoms with Crippen molar-refractivity contribution < 1.29 is 18.4 Å². The van der Waals surface area contributed by atoms with E-state index in [2.05, 4.69) is 5.32 Å². The van der Waals surface area contributed by atoms with Crippen LogP contribution < -0.4 is 5.32 Å². The third-order valence-electron chi connectivity index (χ3n) is 4.30. The van der Waals surface area contributed by atoms with Gasteiger partial charge in [-0.1, -0.05) is 26.0 Å². The van der Waals surface area contributed by atoms with E-state index in [-0.39, 0.29) is 30.7 Å². The highest BCUT2D eigenvalue weighted by Crippen LogP contribution is 2.36. The Morgan fingerprint density at radius 1 is 1.15 bits per heavy atom. The highest BCUT2D eigenvalue weighted by molar-refractivity contribution is 5.97. The quantitative estimate of drug-likeness (QED) is 0.905. The molecule has 6 heteroatoms. The monoisotopic (exact) mass is 358 g/mol. The average Bonchev–Trinajstić information content (AvgIpc) is 2.71. The van der Waals surface area contributed by atoms with Gasteiger partial charge in [0.25, 0.3) is 0 Å². The number of carbonyl (C=O) groups excluding carboxylic acids is 2. The van der Waals surface area contributed by atoms with Crippen LogP contribution in [0.15, 0.2) is 42.5 Å². The van der Waals surface area contributed by atoms with E-state index in [1.807, 2.05) is 13.8 Å². The Morgan fingerprint density at radius 2 is 1.81 bits per heavy atom. The Labute approximate surface area is 150 Å². The third kappa shape index (κ3) is 3.74. The van der Waals surface area contributed by atoms with Gasteiger partial charge < -0.3 is 10.2 Å². The van der Waals surface area contributed by atoms with Crippen LogP contribution in [0.5, 0.6) is 0 Å². The summed E-state index contributed by atoms with van der Waals surface area (Å²) in [5.41, 5.74) is 1.54. The van der Waals surface area contributed by atoms with Gasteiger partial charge >= 0.3 is 0 Å². The van der Waals surface area contributed by atoms with Crippen molar-refractivity contribution in [2.45, 2.75) is 26.3 Å². The molecule has 0 unspecified atom stereocenters. The molecule has 1 aliphatic rings. The van der Waals surface area contributed by atoms with E-state index in [4.69, 9.17) is 0 Å². The summed E-state index contributed by atoms with van der Waals surface area (Å²) in [5.74, 6) is -1.32. The second kappa shape index (κ2) is 7.23. The SMILES string of the molecule is CC(C)CC(=O)N1CC(=O)Nc2ccc(F)cc2[C@H]1c1ccc(F)cc1. The molecule has 0 fully saturated rings. The topological polar surface area (TPSA) is 49.4 Å². The first kappa shape index (κ1) is 18.0. The molecule has 2 aromatic carbocycles. The number of nitrogens with zero attached hydrogens (tertiary/aromatic N) is 1. The smallest absolute Gasteiger partial charge is 0.244 e. The maximum atomic E-state index is 13.9. The molecule has 2 aromatic rings. The number of nitrogens with one attached hydrogen (secondary N) is 1. The average molecular weight is 358 g/mol. The van der Waals surface area contributed by atoms with Crippen molar-refractivity contribution in [2.24, 2.45) is 5.92 Å². The van der Waals surface area contributed by atoms with Crippen LogP contribution in [0, 0.1) is 17.6 Å². The van der Waals surface area contributed by atoms with E-state index in [9.17, 15) is 18.4 Å². The van der Waals surface area contributed by atoms with Gasteiger partial charge in [0, 0.05) is 17.7 Å². The minimum absolute atomic E-state index is 0.106. The van der Waals surface area contributed by atoms with Gasteiger partial charge in [-0.2, -0.15) is 0 Å². The Morgan fingerprint density at radius 3 is 2.46 bits per heavy atom. The third-order valence-corrected chi connectivity index (χ3v) is 4.30. The summed E-state index contributed by atoms with van der Waals surface area (Å²) in [6.45, 7) is 3.68. The van der Waals surface area contributed by atoms with Gasteiger partial charge in [-0.25, -0.2) is 8.78 Å². The highest BCUT2D eigenvalue weighted by Gasteiger charge is 2.33. The number of rotatable bonds is 3. The molecule has 0 saturated carbocycles. The summed E-state index contributed by atoms with van der Waals surface area (Å²) in [4.78, 5) is 26.6. The molecule has 136 valence electrons.